The van der Waals surface area contributed by atoms with Gasteiger partial charge in [0.15, 0.2) is 11.6 Å². The molecule has 0 N–H and O–H groups in total. The van der Waals surface area contributed by atoms with E-state index in [1.54, 1.807) is 18.2 Å². The first-order valence-electron chi connectivity index (χ1n) is 6.17. The molecule has 0 unspecified atom stereocenters. The third kappa shape index (κ3) is 4.75. The van der Waals surface area contributed by atoms with Gasteiger partial charge in [0.2, 0.25) is 0 Å². The fourth-order valence-corrected chi connectivity index (χ4v) is 2.14. The number of halogens is 2. The predicted molar refractivity (Wildman–Crippen MR) is 83.3 cm³/mol. The van der Waals surface area contributed by atoms with Gasteiger partial charge in [-0.2, -0.15) is 0 Å². The van der Waals surface area contributed by atoms with Crippen LogP contribution < -0.4 is 0 Å². The normalized spacial score (nSPS) is 11.8. The highest BCUT2D eigenvalue weighted by Crippen LogP contribution is 2.27. The van der Waals surface area contributed by atoms with Crippen LogP contribution in [0, 0.1) is 0 Å². The molecule has 0 spiro atoms. The summed E-state index contributed by atoms with van der Waals surface area (Å²) in [6, 6.07) is 5.05. The first kappa shape index (κ1) is 16.9. The molecule has 0 heterocycles. The predicted octanol–water partition coefficient (Wildman–Crippen LogP) is 3.49. The molecule has 0 radical (unpaired) electrons. The molecule has 0 bridgehead atoms. The number of benzene rings is 1. The lowest BCUT2D eigenvalue weighted by atomic mass is 10.0. The Morgan fingerprint density at radius 3 is 2.20 bits per heavy atom. The van der Waals surface area contributed by atoms with Gasteiger partial charge in [-0.1, -0.05) is 29.3 Å². The van der Waals surface area contributed by atoms with Gasteiger partial charge in [0.05, 0.1) is 5.57 Å². The van der Waals surface area contributed by atoms with Crippen LogP contribution in [0.4, 0.5) is 0 Å². The van der Waals surface area contributed by atoms with Gasteiger partial charge >= 0.3 is 0 Å². The van der Waals surface area contributed by atoms with Crippen molar-refractivity contribution in [1.29, 1.82) is 0 Å². The lowest BCUT2D eigenvalue weighted by Gasteiger charge is -2.10. The smallest absolute Gasteiger partial charge is 0.167 e. The van der Waals surface area contributed by atoms with E-state index in [2.05, 4.69) is 0 Å². The molecular formula is C15H17Cl2NO2. The number of allylic oxidation sites excluding steroid dienone is 1. The quantitative estimate of drug-likeness (QED) is 0.458. The van der Waals surface area contributed by atoms with E-state index in [-0.39, 0.29) is 23.6 Å². The molecular weight excluding hydrogens is 297 g/mol. The van der Waals surface area contributed by atoms with Crippen LogP contribution >= 0.6 is 23.2 Å². The van der Waals surface area contributed by atoms with Crippen molar-refractivity contribution in [2.75, 3.05) is 20.6 Å². The van der Waals surface area contributed by atoms with E-state index < -0.39 is 0 Å². The van der Waals surface area contributed by atoms with E-state index in [1.807, 2.05) is 19.0 Å². The van der Waals surface area contributed by atoms with Crippen molar-refractivity contribution in [1.82, 2.24) is 4.90 Å². The second kappa shape index (κ2) is 7.58. The number of rotatable bonds is 6. The van der Waals surface area contributed by atoms with E-state index in [0.717, 1.165) is 0 Å². The molecule has 0 saturated carbocycles. The Morgan fingerprint density at radius 2 is 1.75 bits per heavy atom. The Hall–Kier alpha value is -1.16. The molecule has 1 aromatic carbocycles. The second-order valence-electron chi connectivity index (χ2n) is 4.73. The number of nitrogens with zero attached hydrogens (tertiary/aromatic N) is 1. The molecule has 0 aliphatic rings. The number of hydrogen-bond donors (Lipinski definition) is 0. The zero-order valence-electron chi connectivity index (χ0n) is 11.7. The molecule has 0 aliphatic heterocycles. The Balaban J connectivity index is 3.11. The standard InChI is InChI=1S/C15H17Cl2NO2/c1-10(19)11(15(20)7-8-18(2)3)9-12-13(16)5-4-6-14(12)17/h4-6,9H,7-8H2,1-3H3/b11-9+. The molecule has 5 heteroatoms. The Morgan fingerprint density at radius 1 is 1.20 bits per heavy atom. The maximum absolute atomic E-state index is 12.1. The number of ketones is 2. The molecule has 0 fully saturated rings. The maximum atomic E-state index is 12.1. The zero-order chi connectivity index (χ0) is 15.3. The van der Waals surface area contributed by atoms with E-state index in [1.165, 1.54) is 13.0 Å². The van der Waals surface area contributed by atoms with Crippen LogP contribution in [0.5, 0.6) is 0 Å². The van der Waals surface area contributed by atoms with Crippen molar-refractivity contribution in [2.24, 2.45) is 0 Å². The number of carbonyl (C=O) groups excluding carboxylic acids is 2. The molecule has 108 valence electrons. The molecule has 0 saturated heterocycles. The highest BCUT2D eigenvalue weighted by molar-refractivity contribution is 6.37. The summed E-state index contributed by atoms with van der Waals surface area (Å²) < 4.78 is 0. The average Bonchev–Trinajstić information content (AvgIpc) is 2.35. The molecule has 0 atom stereocenters. The van der Waals surface area contributed by atoms with Gasteiger partial charge in [0, 0.05) is 28.6 Å². The van der Waals surface area contributed by atoms with Gasteiger partial charge in [0.1, 0.15) is 0 Å². The number of Topliss-reactive ketones (excluding diaryl/α,β-unsaturated/α-hetero) is 2. The van der Waals surface area contributed by atoms with E-state index in [0.29, 0.717) is 22.2 Å². The molecule has 1 aromatic rings. The largest absolute Gasteiger partial charge is 0.309 e. The number of carbonyl (C=O) groups is 2. The van der Waals surface area contributed by atoms with Gasteiger partial charge in [-0.3, -0.25) is 9.59 Å². The van der Waals surface area contributed by atoms with Crippen LogP contribution in [0.25, 0.3) is 6.08 Å². The minimum absolute atomic E-state index is 0.127. The average molecular weight is 314 g/mol. The molecule has 0 aliphatic carbocycles. The highest BCUT2D eigenvalue weighted by Gasteiger charge is 2.16. The summed E-state index contributed by atoms with van der Waals surface area (Å²) in [5.41, 5.74) is 0.626. The fraction of sp³-hybridized carbons (Fsp3) is 0.333. The van der Waals surface area contributed by atoms with Crippen molar-refractivity contribution < 1.29 is 9.59 Å². The first-order chi connectivity index (χ1) is 9.32. The molecule has 1 rings (SSSR count). The SMILES string of the molecule is CC(=O)/C(=C\c1c(Cl)cccc1Cl)C(=O)CCN(C)C. The Kier molecular flexibility index (Phi) is 6.40. The van der Waals surface area contributed by atoms with Gasteiger partial charge < -0.3 is 4.90 Å². The summed E-state index contributed by atoms with van der Waals surface area (Å²) in [6.07, 6.45) is 1.76. The van der Waals surface area contributed by atoms with Crippen LogP contribution in [-0.2, 0) is 9.59 Å². The summed E-state index contributed by atoms with van der Waals surface area (Å²) in [7, 11) is 3.74. The fourth-order valence-electron chi connectivity index (χ4n) is 1.63. The zero-order valence-corrected chi connectivity index (χ0v) is 13.3. The van der Waals surface area contributed by atoms with Crippen LogP contribution in [0.1, 0.15) is 18.9 Å². The first-order valence-corrected chi connectivity index (χ1v) is 6.93. The van der Waals surface area contributed by atoms with Gasteiger partial charge in [-0.05, 0) is 39.2 Å². The van der Waals surface area contributed by atoms with E-state index in [4.69, 9.17) is 23.2 Å². The Labute approximate surface area is 129 Å². The summed E-state index contributed by atoms with van der Waals surface area (Å²) in [5, 5.41) is 0.827. The van der Waals surface area contributed by atoms with Crippen molar-refractivity contribution in [3.63, 3.8) is 0 Å². The van der Waals surface area contributed by atoms with E-state index in [9.17, 15) is 9.59 Å². The third-order valence-electron chi connectivity index (χ3n) is 2.75. The monoisotopic (exact) mass is 313 g/mol. The molecule has 3 nitrogen and oxygen atoms in total. The van der Waals surface area contributed by atoms with E-state index >= 15 is 0 Å². The molecule has 0 amide bonds. The number of hydrogen-bond acceptors (Lipinski definition) is 3. The summed E-state index contributed by atoms with van der Waals surface area (Å²) in [6.45, 7) is 1.95. The minimum Gasteiger partial charge on any atom is -0.309 e. The highest BCUT2D eigenvalue weighted by atomic mass is 35.5. The van der Waals surface area contributed by atoms with Crippen LogP contribution in [-0.4, -0.2) is 37.1 Å². The third-order valence-corrected chi connectivity index (χ3v) is 3.41. The van der Waals surface area contributed by atoms with Crippen LogP contribution in [0.2, 0.25) is 10.0 Å². The minimum atomic E-state index is -0.287. The topological polar surface area (TPSA) is 37.4 Å². The maximum Gasteiger partial charge on any atom is 0.167 e. The van der Waals surface area contributed by atoms with Gasteiger partial charge in [-0.25, -0.2) is 0 Å². The van der Waals surface area contributed by atoms with Gasteiger partial charge in [0.25, 0.3) is 0 Å². The van der Waals surface area contributed by atoms with Crippen molar-refractivity contribution in [3.8, 4) is 0 Å². The van der Waals surface area contributed by atoms with Crippen LogP contribution in [0.15, 0.2) is 23.8 Å². The Bertz CT molecular complexity index is 531. The summed E-state index contributed by atoms with van der Waals surface area (Å²) in [4.78, 5) is 25.7. The van der Waals surface area contributed by atoms with Crippen molar-refractivity contribution in [3.05, 3.63) is 39.4 Å². The summed E-state index contributed by atoms with van der Waals surface area (Å²) in [5.74, 6) is -0.494. The van der Waals surface area contributed by atoms with Crippen molar-refractivity contribution in [2.45, 2.75) is 13.3 Å². The lowest BCUT2D eigenvalue weighted by Crippen LogP contribution is -2.19. The van der Waals surface area contributed by atoms with Crippen molar-refractivity contribution >= 4 is 40.8 Å². The van der Waals surface area contributed by atoms with Crippen LogP contribution in [0.3, 0.4) is 0 Å². The summed E-state index contributed by atoms with van der Waals surface area (Å²) >= 11 is 12.1. The van der Waals surface area contributed by atoms with Gasteiger partial charge in [-0.15, -0.1) is 0 Å². The lowest BCUT2D eigenvalue weighted by molar-refractivity contribution is -0.120. The molecule has 0 aromatic heterocycles. The molecule has 20 heavy (non-hydrogen) atoms. The second-order valence-corrected chi connectivity index (χ2v) is 5.54.